The molecule has 2 aromatic carbocycles. The number of ether oxygens (including phenoxy) is 3. The van der Waals surface area contributed by atoms with Crippen LogP contribution in [-0.2, 0) is 25.0 Å². The SMILES string of the molecule is CCC(C)(COCC(C)(CC)c1ccc(C(=O)OCC(F)(F)F)cc1)c1ccc(C(=O)OCC(F)(F)F)cc1. The maximum atomic E-state index is 12.3. The summed E-state index contributed by atoms with van der Waals surface area (Å²) in [6.07, 6.45) is -7.87. The Labute approximate surface area is 223 Å². The van der Waals surface area contributed by atoms with E-state index in [4.69, 9.17) is 4.74 Å². The minimum absolute atomic E-state index is 0.00617. The second-order valence-corrected chi connectivity index (χ2v) is 9.86. The molecule has 0 N–H and O–H groups in total. The lowest BCUT2D eigenvalue weighted by Gasteiger charge is -2.33. The first-order valence-corrected chi connectivity index (χ1v) is 12.3. The van der Waals surface area contributed by atoms with Gasteiger partial charge in [0.1, 0.15) is 0 Å². The van der Waals surface area contributed by atoms with Crippen molar-refractivity contribution < 1.29 is 50.1 Å². The van der Waals surface area contributed by atoms with E-state index in [1.54, 1.807) is 24.3 Å². The van der Waals surface area contributed by atoms with Crippen molar-refractivity contribution in [2.45, 2.75) is 63.7 Å². The summed E-state index contributed by atoms with van der Waals surface area (Å²) in [4.78, 5) is 23.8. The summed E-state index contributed by atoms with van der Waals surface area (Å²) >= 11 is 0. The van der Waals surface area contributed by atoms with E-state index >= 15 is 0 Å². The summed E-state index contributed by atoms with van der Waals surface area (Å²) in [5.41, 5.74) is 0.748. The van der Waals surface area contributed by atoms with Crippen LogP contribution in [0.5, 0.6) is 0 Å². The normalized spacial score (nSPS) is 15.2. The van der Waals surface area contributed by atoms with Crippen molar-refractivity contribution in [1.82, 2.24) is 0 Å². The van der Waals surface area contributed by atoms with Gasteiger partial charge in [0.05, 0.1) is 24.3 Å². The van der Waals surface area contributed by atoms with Gasteiger partial charge >= 0.3 is 24.3 Å². The van der Waals surface area contributed by atoms with E-state index in [9.17, 15) is 35.9 Å². The van der Waals surface area contributed by atoms with Gasteiger partial charge in [-0.15, -0.1) is 0 Å². The fourth-order valence-corrected chi connectivity index (χ4v) is 3.76. The molecule has 0 bridgehead atoms. The Morgan fingerprint density at radius 2 is 0.897 bits per heavy atom. The zero-order chi connectivity index (χ0) is 29.5. The fraction of sp³-hybridized carbons (Fsp3) is 0.500. The molecular weight excluding hydrogens is 530 g/mol. The first kappa shape index (κ1) is 32.1. The topological polar surface area (TPSA) is 61.8 Å². The monoisotopic (exact) mass is 562 g/mol. The molecule has 0 radical (unpaired) electrons. The molecule has 0 aliphatic rings. The van der Waals surface area contributed by atoms with Crippen LogP contribution < -0.4 is 0 Å². The first-order chi connectivity index (χ1) is 18.0. The molecule has 0 saturated heterocycles. The molecule has 2 unspecified atom stereocenters. The average Bonchev–Trinajstić information content (AvgIpc) is 2.89. The Morgan fingerprint density at radius 3 is 1.15 bits per heavy atom. The zero-order valence-electron chi connectivity index (χ0n) is 22.2. The molecule has 0 aliphatic carbocycles. The lowest BCUT2D eigenvalue weighted by atomic mass is 9.79. The van der Waals surface area contributed by atoms with Gasteiger partial charge in [0.15, 0.2) is 13.2 Å². The highest BCUT2D eigenvalue weighted by molar-refractivity contribution is 5.90. The van der Waals surface area contributed by atoms with Crippen LogP contribution in [0.4, 0.5) is 26.3 Å². The summed E-state index contributed by atoms with van der Waals surface area (Å²) in [5.74, 6) is -2.13. The van der Waals surface area contributed by atoms with E-state index < -0.39 is 48.3 Å². The highest BCUT2D eigenvalue weighted by Crippen LogP contribution is 2.32. The third-order valence-electron chi connectivity index (χ3n) is 6.77. The molecule has 0 aliphatic heterocycles. The van der Waals surface area contributed by atoms with Gasteiger partial charge in [0.2, 0.25) is 0 Å². The molecule has 2 aromatic rings. The van der Waals surface area contributed by atoms with Crippen LogP contribution in [0.15, 0.2) is 48.5 Å². The van der Waals surface area contributed by atoms with Crippen LogP contribution in [-0.4, -0.2) is 50.7 Å². The second-order valence-electron chi connectivity index (χ2n) is 9.86. The number of rotatable bonds is 12. The molecule has 11 heteroatoms. The number of alkyl halides is 6. The van der Waals surface area contributed by atoms with Gasteiger partial charge in [-0.25, -0.2) is 9.59 Å². The van der Waals surface area contributed by atoms with E-state index in [2.05, 4.69) is 9.47 Å². The molecule has 0 saturated carbocycles. The van der Waals surface area contributed by atoms with Crippen molar-refractivity contribution in [3.63, 3.8) is 0 Å². The van der Waals surface area contributed by atoms with Crippen LogP contribution in [0.25, 0.3) is 0 Å². The van der Waals surface area contributed by atoms with Gasteiger partial charge in [-0.1, -0.05) is 52.0 Å². The molecule has 0 aromatic heterocycles. The van der Waals surface area contributed by atoms with Gasteiger partial charge in [-0.3, -0.25) is 0 Å². The number of hydrogen-bond donors (Lipinski definition) is 0. The molecule has 39 heavy (non-hydrogen) atoms. The molecule has 2 rings (SSSR count). The lowest BCUT2D eigenvalue weighted by Crippen LogP contribution is -2.33. The zero-order valence-corrected chi connectivity index (χ0v) is 22.2. The number of halogens is 6. The quantitative estimate of drug-likeness (QED) is 0.203. The molecule has 5 nitrogen and oxygen atoms in total. The molecular formula is C28H32F6O5. The summed E-state index contributed by atoms with van der Waals surface area (Å²) in [7, 11) is 0. The molecule has 2 atom stereocenters. The molecule has 216 valence electrons. The number of hydrogen-bond acceptors (Lipinski definition) is 5. The maximum Gasteiger partial charge on any atom is 0.422 e. The Hall–Kier alpha value is -3.08. The summed E-state index contributed by atoms with van der Waals surface area (Å²) < 4.78 is 88.5. The molecule has 0 heterocycles. The van der Waals surface area contributed by atoms with Gasteiger partial charge in [0, 0.05) is 10.8 Å². The Balaban J connectivity index is 2.04. The fourth-order valence-electron chi connectivity index (χ4n) is 3.76. The van der Waals surface area contributed by atoms with Gasteiger partial charge < -0.3 is 14.2 Å². The summed E-state index contributed by atoms with van der Waals surface area (Å²) in [5, 5.41) is 0. The van der Waals surface area contributed by atoms with Gasteiger partial charge in [-0.2, -0.15) is 26.3 Å². The molecule has 0 spiro atoms. The molecule has 0 fully saturated rings. The summed E-state index contributed by atoms with van der Waals surface area (Å²) in [6, 6.07) is 12.3. The second kappa shape index (κ2) is 12.8. The average molecular weight is 563 g/mol. The number of esters is 2. The van der Waals surface area contributed by atoms with Crippen molar-refractivity contribution in [3.8, 4) is 0 Å². The van der Waals surface area contributed by atoms with E-state index in [0.29, 0.717) is 26.1 Å². The van der Waals surface area contributed by atoms with Gasteiger partial charge in [-0.05, 0) is 48.2 Å². The number of carbonyl (C=O) groups is 2. The van der Waals surface area contributed by atoms with Gasteiger partial charge in [0.25, 0.3) is 0 Å². The lowest BCUT2D eigenvalue weighted by molar-refractivity contribution is -0.161. The molecule has 0 amide bonds. The minimum atomic E-state index is -4.61. The van der Waals surface area contributed by atoms with Crippen LogP contribution in [0, 0.1) is 0 Å². The van der Waals surface area contributed by atoms with E-state index in [-0.39, 0.29) is 11.1 Å². The largest absolute Gasteiger partial charge is 0.452 e. The smallest absolute Gasteiger partial charge is 0.422 e. The van der Waals surface area contributed by atoms with Crippen molar-refractivity contribution >= 4 is 11.9 Å². The van der Waals surface area contributed by atoms with E-state index in [1.165, 1.54) is 24.3 Å². The van der Waals surface area contributed by atoms with E-state index in [1.807, 2.05) is 27.7 Å². The maximum absolute atomic E-state index is 12.3. The van der Waals surface area contributed by atoms with Crippen LogP contribution in [0.2, 0.25) is 0 Å². The Bertz CT molecular complexity index is 1010. The predicted octanol–water partition coefficient (Wildman–Crippen LogP) is 7.18. The Morgan fingerprint density at radius 1 is 0.590 bits per heavy atom. The summed E-state index contributed by atoms with van der Waals surface area (Å²) in [6.45, 7) is 5.15. The van der Waals surface area contributed by atoms with Crippen LogP contribution in [0.1, 0.15) is 72.4 Å². The highest BCUT2D eigenvalue weighted by atomic mass is 19.4. The predicted molar refractivity (Wildman–Crippen MR) is 132 cm³/mol. The highest BCUT2D eigenvalue weighted by Gasteiger charge is 2.32. The third-order valence-corrected chi connectivity index (χ3v) is 6.77. The van der Waals surface area contributed by atoms with Crippen molar-refractivity contribution in [2.75, 3.05) is 26.4 Å². The first-order valence-electron chi connectivity index (χ1n) is 12.3. The van der Waals surface area contributed by atoms with Crippen LogP contribution >= 0.6 is 0 Å². The standard InChI is InChI=1S/C28H32F6O5/c1-5-25(3,21-11-7-19(8-12-21)23(35)38-17-27(29,30)31)15-37-16-26(4,6-2)22-13-9-20(10-14-22)24(36)39-18-28(32,33)34/h7-14H,5-6,15-18H2,1-4H3. The Kier molecular flexibility index (Phi) is 10.6. The number of carbonyl (C=O) groups excluding carboxylic acids is 2. The minimum Gasteiger partial charge on any atom is -0.452 e. The third kappa shape index (κ3) is 9.56. The number of benzene rings is 2. The van der Waals surface area contributed by atoms with Crippen molar-refractivity contribution in [1.29, 1.82) is 0 Å². The van der Waals surface area contributed by atoms with Crippen molar-refractivity contribution in [2.24, 2.45) is 0 Å². The van der Waals surface area contributed by atoms with E-state index in [0.717, 1.165) is 11.1 Å². The van der Waals surface area contributed by atoms with Crippen molar-refractivity contribution in [3.05, 3.63) is 70.8 Å². The van der Waals surface area contributed by atoms with Crippen LogP contribution in [0.3, 0.4) is 0 Å².